The van der Waals surface area contributed by atoms with Crippen LogP contribution < -0.4 is 5.32 Å². The molecule has 0 saturated carbocycles. The van der Waals surface area contributed by atoms with Crippen molar-refractivity contribution < 1.29 is 4.43 Å². The van der Waals surface area contributed by atoms with E-state index in [0.29, 0.717) is 17.6 Å². The average molecular weight is 317 g/mol. The Hall–Kier alpha value is -1.15. The molecule has 1 aromatic carbocycles. The molecule has 1 aromatic rings. The van der Waals surface area contributed by atoms with Crippen LogP contribution in [0.2, 0.25) is 18.1 Å². The Labute approximate surface area is 136 Å². The molecule has 22 heavy (non-hydrogen) atoms. The number of rotatable bonds is 4. The Bertz CT molecular complexity index is 540. The van der Waals surface area contributed by atoms with Gasteiger partial charge in [-0.25, -0.2) is 4.85 Å². The van der Waals surface area contributed by atoms with Gasteiger partial charge in [-0.2, -0.15) is 0 Å². The first-order valence-corrected chi connectivity index (χ1v) is 11.0. The van der Waals surface area contributed by atoms with E-state index < -0.39 is 8.32 Å². The monoisotopic (exact) mass is 316 g/mol. The van der Waals surface area contributed by atoms with Crippen molar-refractivity contribution in [2.75, 3.05) is 13.2 Å². The van der Waals surface area contributed by atoms with Crippen LogP contribution in [0, 0.1) is 12.5 Å². The molecule has 120 valence electrons. The summed E-state index contributed by atoms with van der Waals surface area (Å²) in [6.07, 6.45) is 1.12. The molecule has 1 fully saturated rings. The Balaban J connectivity index is 1.89. The minimum absolute atomic E-state index is 0.272. The predicted octanol–water partition coefficient (Wildman–Crippen LogP) is 4.91. The minimum atomic E-state index is -1.65. The standard InChI is InChI=1S/C18H28N2OSi/c1-18(2,3)22(5,6)21-13-14-11-17(20-12-14)15-7-9-16(19-4)10-8-15/h7-10,14,17,20H,11-13H2,1-3,5-6H3. The lowest BCUT2D eigenvalue weighted by atomic mass is 10.0. The van der Waals surface area contributed by atoms with Crippen molar-refractivity contribution in [3.05, 3.63) is 41.2 Å². The molecule has 1 aliphatic rings. The SMILES string of the molecule is [C-]#[N+]c1ccc(C2CC(CO[Si](C)(C)C(C)(C)C)CN2)cc1. The van der Waals surface area contributed by atoms with Crippen LogP contribution in [0.1, 0.15) is 38.8 Å². The zero-order valence-corrected chi connectivity index (χ0v) is 15.4. The van der Waals surface area contributed by atoms with Crippen LogP contribution in [0.3, 0.4) is 0 Å². The summed E-state index contributed by atoms with van der Waals surface area (Å²) in [6.45, 7) is 20.4. The van der Waals surface area contributed by atoms with E-state index in [2.05, 4.69) is 56.2 Å². The summed E-state index contributed by atoms with van der Waals surface area (Å²) in [5, 5.41) is 3.87. The van der Waals surface area contributed by atoms with Gasteiger partial charge >= 0.3 is 0 Å². The van der Waals surface area contributed by atoms with E-state index in [1.807, 2.05) is 12.1 Å². The lowest BCUT2D eigenvalue weighted by molar-refractivity contribution is 0.236. The summed E-state index contributed by atoms with van der Waals surface area (Å²) in [4.78, 5) is 3.45. The van der Waals surface area contributed by atoms with Gasteiger partial charge in [-0.05, 0) is 36.0 Å². The van der Waals surface area contributed by atoms with Crippen LogP contribution in [0.5, 0.6) is 0 Å². The molecule has 0 aliphatic carbocycles. The lowest BCUT2D eigenvalue weighted by Gasteiger charge is -2.36. The maximum Gasteiger partial charge on any atom is 0.191 e. The van der Waals surface area contributed by atoms with E-state index in [4.69, 9.17) is 11.0 Å². The average Bonchev–Trinajstić information content (AvgIpc) is 2.93. The zero-order chi connectivity index (χ0) is 16.4. The van der Waals surface area contributed by atoms with Crippen molar-refractivity contribution in [1.82, 2.24) is 5.32 Å². The highest BCUT2D eigenvalue weighted by Gasteiger charge is 2.38. The molecule has 1 saturated heterocycles. The number of nitrogens with one attached hydrogen (secondary N) is 1. The highest BCUT2D eigenvalue weighted by atomic mass is 28.4. The Morgan fingerprint density at radius 1 is 1.27 bits per heavy atom. The summed E-state index contributed by atoms with van der Waals surface area (Å²) >= 11 is 0. The van der Waals surface area contributed by atoms with Crippen LogP contribution in [-0.2, 0) is 4.43 Å². The number of hydrogen-bond donors (Lipinski definition) is 1. The number of nitrogens with zero attached hydrogens (tertiary/aromatic N) is 1. The van der Waals surface area contributed by atoms with Crippen molar-refractivity contribution in [3.63, 3.8) is 0 Å². The van der Waals surface area contributed by atoms with Crippen LogP contribution in [0.25, 0.3) is 4.85 Å². The molecule has 1 N–H and O–H groups in total. The van der Waals surface area contributed by atoms with Crippen molar-refractivity contribution in [2.45, 2.75) is 51.4 Å². The molecule has 1 aliphatic heterocycles. The highest BCUT2D eigenvalue weighted by molar-refractivity contribution is 6.74. The van der Waals surface area contributed by atoms with Gasteiger partial charge in [0.2, 0.25) is 0 Å². The van der Waals surface area contributed by atoms with Crippen molar-refractivity contribution in [2.24, 2.45) is 5.92 Å². The predicted molar refractivity (Wildman–Crippen MR) is 94.7 cm³/mol. The first-order chi connectivity index (χ1) is 10.2. The van der Waals surface area contributed by atoms with Crippen molar-refractivity contribution in [3.8, 4) is 0 Å². The topological polar surface area (TPSA) is 25.6 Å². The Kier molecular flexibility index (Phi) is 5.11. The number of hydrogen-bond acceptors (Lipinski definition) is 2. The van der Waals surface area contributed by atoms with Gasteiger partial charge in [0.15, 0.2) is 14.0 Å². The van der Waals surface area contributed by atoms with Gasteiger partial charge in [-0.1, -0.05) is 45.0 Å². The van der Waals surface area contributed by atoms with Crippen molar-refractivity contribution >= 4 is 14.0 Å². The van der Waals surface area contributed by atoms with E-state index in [1.54, 1.807) is 0 Å². The summed E-state index contributed by atoms with van der Waals surface area (Å²) in [5.74, 6) is 0.583. The number of benzene rings is 1. The van der Waals surface area contributed by atoms with Gasteiger partial charge < -0.3 is 9.74 Å². The van der Waals surface area contributed by atoms with Gasteiger partial charge in [0.05, 0.1) is 6.57 Å². The molecule has 0 spiro atoms. The zero-order valence-electron chi connectivity index (χ0n) is 14.4. The van der Waals surface area contributed by atoms with Gasteiger partial charge in [-0.3, -0.25) is 0 Å². The smallest absolute Gasteiger partial charge is 0.191 e. The fraction of sp³-hybridized carbons (Fsp3) is 0.611. The van der Waals surface area contributed by atoms with Gasteiger partial charge in [0.1, 0.15) is 0 Å². The largest absolute Gasteiger partial charge is 0.416 e. The van der Waals surface area contributed by atoms with E-state index in [-0.39, 0.29) is 5.04 Å². The summed E-state index contributed by atoms with van der Waals surface area (Å²) in [7, 11) is -1.65. The van der Waals surface area contributed by atoms with Gasteiger partial charge in [0, 0.05) is 19.2 Å². The summed E-state index contributed by atoms with van der Waals surface area (Å²) in [5.41, 5.74) is 1.99. The normalized spacial score (nSPS) is 22.5. The molecule has 0 amide bonds. The highest BCUT2D eigenvalue weighted by Crippen LogP contribution is 2.37. The van der Waals surface area contributed by atoms with Crippen LogP contribution in [0.15, 0.2) is 24.3 Å². The molecular weight excluding hydrogens is 288 g/mol. The Morgan fingerprint density at radius 3 is 2.45 bits per heavy atom. The minimum Gasteiger partial charge on any atom is -0.416 e. The molecule has 4 heteroatoms. The van der Waals surface area contributed by atoms with E-state index in [9.17, 15) is 0 Å². The van der Waals surface area contributed by atoms with E-state index in [1.165, 1.54) is 5.56 Å². The van der Waals surface area contributed by atoms with Crippen LogP contribution >= 0.6 is 0 Å². The first-order valence-electron chi connectivity index (χ1n) is 8.08. The summed E-state index contributed by atoms with van der Waals surface area (Å²) in [6, 6.07) is 8.35. The maximum atomic E-state index is 7.02. The summed E-state index contributed by atoms with van der Waals surface area (Å²) < 4.78 is 6.36. The second-order valence-corrected chi connectivity index (χ2v) is 12.6. The second-order valence-electron chi connectivity index (χ2n) is 7.84. The fourth-order valence-electron chi connectivity index (χ4n) is 2.51. The second kappa shape index (κ2) is 6.53. The molecule has 2 unspecified atom stereocenters. The Morgan fingerprint density at radius 2 is 1.91 bits per heavy atom. The fourth-order valence-corrected chi connectivity index (χ4v) is 3.60. The van der Waals surface area contributed by atoms with Gasteiger partial charge in [0.25, 0.3) is 0 Å². The van der Waals surface area contributed by atoms with Gasteiger partial charge in [-0.15, -0.1) is 0 Å². The molecule has 0 aromatic heterocycles. The molecule has 1 heterocycles. The third-order valence-corrected chi connectivity index (χ3v) is 9.63. The first kappa shape index (κ1) is 17.2. The molecule has 2 atom stereocenters. The lowest BCUT2D eigenvalue weighted by Crippen LogP contribution is -2.42. The van der Waals surface area contributed by atoms with Crippen LogP contribution in [-0.4, -0.2) is 21.5 Å². The molecule has 2 rings (SSSR count). The van der Waals surface area contributed by atoms with Crippen molar-refractivity contribution in [1.29, 1.82) is 0 Å². The van der Waals surface area contributed by atoms with E-state index >= 15 is 0 Å². The van der Waals surface area contributed by atoms with E-state index in [0.717, 1.165) is 19.6 Å². The van der Waals surface area contributed by atoms with Crippen LogP contribution in [0.4, 0.5) is 5.69 Å². The molecule has 3 nitrogen and oxygen atoms in total. The molecular formula is C18H28N2OSi. The maximum absolute atomic E-state index is 7.02. The third kappa shape index (κ3) is 3.98. The molecule has 0 bridgehead atoms. The third-order valence-electron chi connectivity index (χ3n) is 5.13. The quantitative estimate of drug-likeness (QED) is 0.631. The molecule has 0 radical (unpaired) electrons.